The van der Waals surface area contributed by atoms with Gasteiger partial charge >= 0.3 is 0 Å². The van der Waals surface area contributed by atoms with E-state index in [2.05, 4.69) is 23.2 Å². The number of aromatic nitrogens is 2. The molecule has 0 saturated carbocycles. The molecule has 0 aromatic carbocycles. The Bertz CT molecular complexity index is 507. The Labute approximate surface area is 94.0 Å². The fraction of sp³-hybridized carbons (Fsp3) is 0.583. The average Bonchev–Trinajstić information content (AvgIpc) is 2.72. The summed E-state index contributed by atoms with van der Waals surface area (Å²) in [6.45, 7) is 4.36. The smallest absolute Gasteiger partial charge is 0.194 e. The van der Waals surface area contributed by atoms with Gasteiger partial charge in [-0.2, -0.15) is 0 Å². The van der Waals surface area contributed by atoms with E-state index in [-0.39, 0.29) is 0 Å². The van der Waals surface area contributed by atoms with Crippen molar-refractivity contribution in [1.82, 2.24) is 9.38 Å². The lowest BCUT2D eigenvalue weighted by molar-refractivity contribution is 0.670. The second kappa shape index (κ2) is 3.34. The summed E-state index contributed by atoms with van der Waals surface area (Å²) in [6, 6.07) is 0. The molecule has 0 saturated heterocycles. The van der Waals surface area contributed by atoms with E-state index in [4.69, 9.17) is 0 Å². The quantitative estimate of drug-likeness (QED) is 0.721. The molecule has 2 aromatic heterocycles. The molecule has 15 heavy (non-hydrogen) atoms. The summed E-state index contributed by atoms with van der Waals surface area (Å²) in [5.41, 5.74) is 4.19. The summed E-state index contributed by atoms with van der Waals surface area (Å²) in [5, 5.41) is 0. The molecule has 0 spiro atoms. The maximum Gasteiger partial charge on any atom is 0.194 e. The largest absolute Gasteiger partial charge is 0.291 e. The normalized spacial score (nSPS) is 15.9. The molecule has 80 valence electrons. The number of fused-ring (bicyclic) bond motifs is 3. The third kappa shape index (κ3) is 1.26. The first kappa shape index (κ1) is 9.40. The summed E-state index contributed by atoms with van der Waals surface area (Å²) < 4.78 is 2.43. The van der Waals surface area contributed by atoms with E-state index in [0.717, 1.165) is 6.42 Å². The molecule has 0 N–H and O–H groups in total. The van der Waals surface area contributed by atoms with Crippen LogP contribution in [0.1, 0.15) is 41.7 Å². The number of hydrogen-bond donors (Lipinski definition) is 0. The molecule has 0 radical (unpaired) electrons. The predicted octanol–water partition coefficient (Wildman–Crippen LogP) is 3.15. The van der Waals surface area contributed by atoms with E-state index >= 15 is 0 Å². The standard InChI is InChI=1S/C12H16N2S/c1-3-9-8(2)13-12-14(9)10-6-4-5-7-11(10)15-12/h3-7H2,1-2H3. The summed E-state index contributed by atoms with van der Waals surface area (Å²) in [4.78, 5) is 7.47. The fourth-order valence-electron chi connectivity index (χ4n) is 2.61. The monoisotopic (exact) mass is 220 g/mol. The van der Waals surface area contributed by atoms with Crippen molar-refractivity contribution >= 4 is 16.3 Å². The molecule has 1 aliphatic carbocycles. The molecule has 2 aromatic rings. The van der Waals surface area contributed by atoms with Crippen LogP contribution in [0.4, 0.5) is 0 Å². The summed E-state index contributed by atoms with van der Waals surface area (Å²) in [7, 11) is 0. The van der Waals surface area contributed by atoms with Gasteiger partial charge in [0.05, 0.1) is 5.69 Å². The third-order valence-corrected chi connectivity index (χ3v) is 4.49. The van der Waals surface area contributed by atoms with Gasteiger partial charge in [0.25, 0.3) is 0 Å². The number of imidazole rings is 1. The number of thiazole rings is 1. The molecule has 3 heteroatoms. The Balaban J connectivity index is 2.32. The van der Waals surface area contributed by atoms with E-state index in [0.29, 0.717) is 0 Å². The molecule has 0 fully saturated rings. The van der Waals surface area contributed by atoms with Gasteiger partial charge in [-0.05, 0) is 39.0 Å². The van der Waals surface area contributed by atoms with Crippen LogP contribution < -0.4 is 0 Å². The summed E-state index contributed by atoms with van der Waals surface area (Å²) >= 11 is 1.90. The Kier molecular flexibility index (Phi) is 2.09. The van der Waals surface area contributed by atoms with Crippen LogP contribution >= 0.6 is 11.3 Å². The van der Waals surface area contributed by atoms with Crippen molar-refractivity contribution in [3.63, 3.8) is 0 Å². The van der Waals surface area contributed by atoms with Crippen molar-refractivity contribution < 1.29 is 0 Å². The number of hydrogen-bond acceptors (Lipinski definition) is 2. The van der Waals surface area contributed by atoms with Crippen molar-refractivity contribution in [2.24, 2.45) is 0 Å². The van der Waals surface area contributed by atoms with Gasteiger partial charge in [-0.1, -0.05) is 6.92 Å². The second-order valence-corrected chi connectivity index (χ2v) is 5.36. The zero-order valence-electron chi connectivity index (χ0n) is 9.34. The topological polar surface area (TPSA) is 17.3 Å². The Morgan fingerprint density at radius 3 is 2.93 bits per heavy atom. The van der Waals surface area contributed by atoms with Gasteiger partial charge in [0.2, 0.25) is 0 Å². The minimum atomic E-state index is 1.09. The SMILES string of the molecule is CCc1c(C)nc2sc3c(n12)CCCC3. The molecule has 2 heterocycles. The third-order valence-electron chi connectivity index (χ3n) is 3.35. The van der Waals surface area contributed by atoms with Gasteiger partial charge in [-0.15, -0.1) is 11.3 Å². The molecule has 3 rings (SSSR count). The minimum Gasteiger partial charge on any atom is -0.291 e. The molecule has 0 amide bonds. The predicted molar refractivity (Wildman–Crippen MR) is 63.8 cm³/mol. The van der Waals surface area contributed by atoms with Crippen molar-refractivity contribution in [2.75, 3.05) is 0 Å². The average molecular weight is 220 g/mol. The van der Waals surface area contributed by atoms with Crippen LogP contribution in [-0.2, 0) is 19.3 Å². The van der Waals surface area contributed by atoms with Crippen LogP contribution in [0.25, 0.3) is 4.96 Å². The Morgan fingerprint density at radius 2 is 2.13 bits per heavy atom. The molecule has 0 unspecified atom stereocenters. The van der Waals surface area contributed by atoms with Crippen LogP contribution in [-0.4, -0.2) is 9.38 Å². The Hall–Kier alpha value is -0.830. The lowest BCUT2D eigenvalue weighted by atomic mass is 10.0. The van der Waals surface area contributed by atoms with Crippen LogP contribution in [0.2, 0.25) is 0 Å². The first-order chi connectivity index (χ1) is 7.31. The van der Waals surface area contributed by atoms with Crippen LogP contribution in [0.15, 0.2) is 0 Å². The van der Waals surface area contributed by atoms with E-state index < -0.39 is 0 Å². The first-order valence-corrected chi connectivity index (χ1v) is 6.61. The van der Waals surface area contributed by atoms with Gasteiger partial charge < -0.3 is 0 Å². The maximum absolute atomic E-state index is 4.67. The van der Waals surface area contributed by atoms with Crippen LogP contribution in [0, 0.1) is 6.92 Å². The van der Waals surface area contributed by atoms with Crippen molar-refractivity contribution in [3.8, 4) is 0 Å². The summed E-state index contributed by atoms with van der Waals surface area (Å²) in [6.07, 6.45) is 6.32. The maximum atomic E-state index is 4.67. The molecular formula is C12H16N2S. The number of aryl methyl sites for hydroxylation is 4. The van der Waals surface area contributed by atoms with Gasteiger partial charge in [0, 0.05) is 16.3 Å². The fourth-order valence-corrected chi connectivity index (χ4v) is 3.89. The minimum absolute atomic E-state index is 1.09. The number of nitrogens with zero attached hydrogens (tertiary/aromatic N) is 2. The highest BCUT2D eigenvalue weighted by atomic mass is 32.1. The van der Waals surface area contributed by atoms with E-state index in [1.165, 1.54) is 42.0 Å². The molecular weight excluding hydrogens is 204 g/mol. The molecule has 2 nitrogen and oxygen atoms in total. The molecule has 0 bridgehead atoms. The van der Waals surface area contributed by atoms with Crippen LogP contribution in [0.3, 0.4) is 0 Å². The second-order valence-electron chi connectivity index (χ2n) is 4.29. The van der Waals surface area contributed by atoms with Gasteiger partial charge in [0.15, 0.2) is 4.96 Å². The zero-order chi connectivity index (χ0) is 10.4. The van der Waals surface area contributed by atoms with Crippen molar-refractivity contribution in [3.05, 3.63) is 22.0 Å². The Morgan fingerprint density at radius 1 is 1.33 bits per heavy atom. The molecule has 1 aliphatic rings. The lowest BCUT2D eigenvalue weighted by Crippen LogP contribution is -2.04. The molecule has 0 atom stereocenters. The van der Waals surface area contributed by atoms with E-state index in [1.54, 1.807) is 10.6 Å². The summed E-state index contributed by atoms with van der Waals surface area (Å²) in [5.74, 6) is 0. The van der Waals surface area contributed by atoms with E-state index in [9.17, 15) is 0 Å². The number of rotatable bonds is 1. The van der Waals surface area contributed by atoms with Crippen molar-refractivity contribution in [2.45, 2.75) is 46.0 Å². The van der Waals surface area contributed by atoms with Crippen molar-refractivity contribution in [1.29, 1.82) is 0 Å². The highest BCUT2D eigenvalue weighted by Gasteiger charge is 2.19. The van der Waals surface area contributed by atoms with Gasteiger partial charge in [-0.3, -0.25) is 4.40 Å². The van der Waals surface area contributed by atoms with E-state index in [1.807, 2.05) is 11.3 Å². The highest BCUT2D eigenvalue weighted by Crippen LogP contribution is 2.31. The first-order valence-electron chi connectivity index (χ1n) is 5.79. The molecule has 0 aliphatic heterocycles. The lowest BCUT2D eigenvalue weighted by Gasteiger charge is -2.11. The highest BCUT2D eigenvalue weighted by molar-refractivity contribution is 7.17. The zero-order valence-corrected chi connectivity index (χ0v) is 10.2. The van der Waals surface area contributed by atoms with Gasteiger partial charge in [-0.25, -0.2) is 4.98 Å². The van der Waals surface area contributed by atoms with Gasteiger partial charge in [0.1, 0.15) is 0 Å². The van der Waals surface area contributed by atoms with Crippen LogP contribution in [0.5, 0.6) is 0 Å².